The minimum atomic E-state index is -4.01. The Labute approximate surface area is 210 Å². The van der Waals surface area contributed by atoms with Crippen molar-refractivity contribution in [2.75, 3.05) is 12.4 Å². The normalized spacial score (nSPS) is 12.1. The van der Waals surface area contributed by atoms with Crippen LogP contribution < -0.4 is 29.6 Å². The van der Waals surface area contributed by atoms with E-state index in [2.05, 4.69) is 20.8 Å². The number of ether oxygens (including phenoxy) is 1. The van der Waals surface area contributed by atoms with Crippen LogP contribution in [0, 0.1) is 0 Å². The van der Waals surface area contributed by atoms with Gasteiger partial charge in [0.05, 0.1) is 15.7 Å². The first kappa shape index (κ1) is 33.0. The zero-order valence-electron chi connectivity index (χ0n) is 20.7. The molecule has 0 aliphatic carbocycles. The summed E-state index contributed by atoms with van der Waals surface area (Å²) >= 11 is 0. The van der Waals surface area contributed by atoms with Gasteiger partial charge < -0.3 is 9.29 Å². The van der Waals surface area contributed by atoms with E-state index in [0.29, 0.717) is 6.42 Å². The van der Waals surface area contributed by atoms with E-state index >= 15 is 0 Å². The van der Waals surface area contributed by atoms with Crippen LogP contribution in [0.2, 0.25) is 0 Å². The molecule has 0 aromatic carbocycles. The Morgan fingerprint density at radius 2 is 0.833 bits per heavy atom. The zero-order chi connectivity index (χ0) is 21.8. The van der Waals surface area contributed by atoms with Gasteiger partial charge in [-0.25, -0.2) is 8.42 Å². The third-order valence-corrected chi connectivity index (χ3v) is 6.11. The summed E-state index contributed by atoms with van der Waals surface area (Å²) in [5, 5.41) is 0. The summed E-state index contributed by atoms with van der Waals surface area (Å²) in [5.41, 5.74) is 0.00806. The third-order valence-electron chi connectivity index (χ3n) is 5.32. The second kappa shape index (κ2) is 21.7. The molecule has 0 spiro atoms. The molecule has 0 unspecified atom stereocenters. The van der Waals surface area contributed by atoms with Gasteiger partial charge >= 0.3 is 29.6 Å². The quantitative estimate of drug-likeness (QED) is 0.146. The van der Waals surface area contributed by atoms with Gasteiger partial charge in [0, 0.05) is 12.4 Å². The Morgan fingerprint density at radius 3 is 1.10 bits per heavy atom. The Balaban J connectivity index is 0. The minimum Gasteiger partial charge on any atom is -0.748 e. The molecule has 0 rings (SSSR count). The van der Waals surface area contributed by atoms with Gasteiger partial charge in [-0.15, -0.1) is 0 Å². The van der Waals surface area contributed by atoms with Crippen molar-refractivity contribution in [2.24, 2.45) is 0 Å². The van der Waals surface area contributed by atoms with Crippen LogP contribution in [0.3, 0.4) is 0 Å². The van der Waals surface area contributed by atoms with Crippen molar-refractivity contribution >= 4 is 10.1 Å². The van der Waals surface area contributed by atoms with Gasteiger partial charge in [-0.2, -0.15) is 0 Å². The summed E-state index contributed by atoms with van der Waals surface area (Å²) < 4.78 is 37.2. The van der Waals surface area contributed by atoms with Gasteiger partial charge in [0.15, 0.2) is 0 Å². The molecule has 0 aromatic rings. The summed E-state index contributed by atoms with van der Waals surface area (Å²) in [5.74, 6) is -0.194. The van der Waals surface area contributed by atoms with Crippen molar-refractivity contribution in [1.82, 2.24) is 0 Å². The predicted octanol–water partition coefficient (Wildman–Crippen LogP) is 4.37. The van der Waals surface area contributed by atoms with E-state index in [1.54, 1.807) is 0 Å². The molecule has 0 aromatic heterocycles. The van der Waals surface area contributed by atoms with E-state index < -0.39 is 10.1 Å². The van der Waals surface area contributed by atoms with Crippen LogP contribution in [0.15, 0.2) is 0 Å². The molecule has 0 aliphatic rings. The zero-order valence-corrected chi connectivity index (χ0v) is 23.5. The van der Waals surface area contributed by atoms with Crippen molar-refractivity contribution in [3.8, 4) is 0 Å². The topological polar surface area (TPSA) is 66.4 Å². The largest absolute Gasteiger partial charge is 1.00 e. The van der Waals surface area contributed by atoms with Crippen molar-refractivity contribution in [3.05, 3.63) is 0 Å². The molecule has 0 N–H and O–H groups in total. The van der Waals surface area contributed by atoms with Crippen molar-refractivity contribution in [1.29, 1.82) is 0 Å². The van der Waals surface area contributed by atoms with E-state index in [9.17, 15) is 13.0 Å². The van der Waals surface area contributed by atoms with Crippen molar-refractivity contribution in [3.63, 3.8) is 0 Å². The molecule has 6 heteroatoms. The molecule has 0 heterocycles. The average Bonchev–Trinajstić information content (AvgIpc) is 2.61. The summed E-state index contributed by atoms with van der Waals surface area (Å²) in [6.07, 6.45) is 22.4. The molecule has 0 aliphatic heterocycles. The average molecular weight is 457 g/mol. The molecular weight excluding hydrogens is 407 g/mol. The first-order valence-electron chi connectivity index (χ1n) is 12.3. The molecule has 4 nitrogen and oxygen atoms in total. The first-order chi connectivity index (χ1) is 13.7. The van der Waals surface area contributed by atoms with Crippen molar-refractivity contribution < 1.29 is 47.3 Å². The fraction of sp³-hybridized carbons (Fsp3) is 1.00. The summed E-state index contributed by atoms with van der Waals surface area (Å²) in [6.45, 7) is 7.26. The molecule has 30 heavy (non-hydrogen) atoms. The van der Waals surface area contributed by atoms with Crippen LogP contribution in [0.1, 0.15) is 136 Å². The summed E-state index contributed by atoms with van der Waals surface area (Å²) in [4.78, 5) is 0. The molecule has 176 valence electrons. The summed E-state index contributed by atoms with van der Waals surface area (Å²) in [6, 6.07) is 0. The number of rotatable bonds is 21. The first-order valence-corrected chi connectivity index (χ1v) is 13.9. The smallest absolute Gasteiger partial charge is 0.748 e. The van der Waals surface area contributed by atoms with Gasteiger partial charge in [-0.1, -0.05) is 103 Å². The second-order valence-electron chi connectivity index (χ2n) is 9.59. The Kier molecular flexibility index (Phi) is 23.9. The van der Waals surface area contributed by atoms with Gasteiger partial charge in [-0.05, 0) is 33.6 Å². The number of hydrogen-bond donors (Lipinski definition) is 0. The van der Waals surface area contributed by atoms with Gasteiger partial charge in [0.1, 0.15) is 0 Å². The Morgan fingerprint density at radius 1 is 0.567 bits per heavy atom. The maximum absolute atomic E-state index is 10.5. The third kappa shape index (κ3) is 31.1. The van der Waals surface area contributed by atoms with E-state index in [1.165, 1.54) is 96.3 Å². The molecular formula is C24H49NaO4S. The molecule has 0 amide bonds. The van der Waals surface area contributed by atoms with E-state index in [4.69, 9.17) is 4.74 Å². The molecule has 0 fully saturated rings. The second-order valence-corrected chi connectivity index (χ2v) is 11.1. The Bertz CT molecular complexity index is 447. The molecule has 0 saturated carbocycles. The van der Waals surface area contributed by atoms with E-state index in [1.807, 2.05) is 0 Å². The van der Waals surface area contributed by atoms with Gasteiger partial charge in [0.2, 0.25) is 0 Å². The van der Waals surface area contributed by atoms with E-state index in [-0.39, 0.29) is 40.9 Å². The SMILES string of the molecule is CC(C)(C)OCCCCCCCCCCCCCCCCCCCCS(=O)(=O)[O-].[Na+]. The summed E-state index contributed by atoms with van der Waals surface area (Å²) in [7, 11) is -4.01. The fourth-order valence-electron chi connectivity index (χ4n) is 3.59. The molecule has 0 bridgehead atoms. The van der Waals surface area contributed by atoms with Crippen LogP contribution in [0.25, 0.3) is 0 Å². The van der Waals surface area contributed by atoms with E-state index in [0.717, 1.165) is 19.4 Å². The van der Waals surface area contributed by atoms with Crippen LogP contribution in [-0.4, -0.2) is 30.9 Å². The maximum Gasteiger partial charge on any atom is 1.00 e. The predicted molar refractivity (Wildman–Crippen MR) is 123 cm³/mol. The maximum atomic E-state index is 10.5. The fourth-order valence-corrected chi connectivity index (χ4v) is 4.15. The molecule has 0 saturated heterocycles. The van der Waals surface area contributed by atoms with Crippen LogP contribution >= 0.6 is 0 Å². The van der Waals surface area contributed by atoms with Crippen LogP contribution in [0.5, 0.6) is 0 Å². The van der Waals surface area contributed by atoms with Crippen LogP contribution in [-0.2, 0) is 14.9 Å². The number of hydrogen-bond acceptors (Lipinski definition) is 4. The monoisotopic (exact) mass is 456 g/mol. The minimum absolute atomic E-state index is 0. The van der Waals surface area contributed by atoms with Crippen molar-refractivity contribution in [2.45, 2.75) is 142 Å². The molecule has 0 radical (unpaired) electrons. The van der Waals surface area contributed by atoms with Gasteiger partial charge in [0.25, 0.3) is 0 Å². The Hall–Kier alpha value is 0.870. The standard InChI is InChI=1S/C24H50O4S.Na/c1-24(2,3)28-22-20-18-16-14-12-10-8-6-4-5-7-9-11-13-15-17-19-21-23-29(25,26)27;/h4-23H2,1-3H3,(H,25,26,27);/q;+1/p-1. The van der Waals surface area contributed by atoms with Crippen LogP contribution in [0.4, 0.5) is 0 Å². The number of unbranched alkanes of at least 4 members (excludes halogenated alkanes) is 17. The molecule has 0 atom stereocenters. The van der Waals surface area contributed by atoms with Gasteiger partial charge in [-0.3, -0.25) is 0 Å².